The Bertz CT molecular complexity index is 642. The monoisotopic (exact) mass is 292 g/mol. The maximum absolute atomic E-state index is 14.1. The van der Waals surface area contributed by atoms with Gasteiger partial charge in [-0.3, -0.25) is 0 Å². The Hall–Kier alpha value is -2.41. The zero-order valence-electron chi connectivity index (χ0n) is 11.8. The average molecular weight is 292 g/mol. The smallest absolute Gasteiger partial charge is 0.319 e. The third-order valence-corrected chi connectivity index (χ3v) is 2.82. The molecule has 0 saturated heterocycles. The molecule has 1 atom stereocenters. The van der Waals surface area contributed by atoms with Gasteiger partial charge in [0, 0.05) is 11.9 Å². The first-order chi connectivity index (χ1) is 9.99. The van der Waals surface area contributed by atoms with Crippen LogP contribution < -0.4 is 10.6 Å². The Labute approximate surface area is 121 Å². The number of rotatable bonds is 4. The summed E-state index contributed by atoms with van der Waals surface area (Å²) in [5.74, 6) is -0.494. The van der Waals surface area contributed by atoms with Crippen LogP contribution in [0.3, 0.4) is 0 Å². The fraction of sp³-hybridized carbons (Fsp3) is 0.286. The number of nitrogens with zero attached hydrogens (tertiary/aromatic N) is 2. The van der Waals surface area contributed by atoms with Gasteiger partial charge >= 0.3 is 6.03 Å². The molecule has 2 rings (SSSR count). The lowest BCUT2D eigenvalue weighted by atomic mass is 10.2. The molecule has 0 fully saturated rings. The summed E-state index contributed by atoms with van der Waals surface area (Å²) in [5, 5.41) is 17.9. The molecule has 1 heterocycles. The standard InChI is InChI=1S/C14H17FN4O2/c1-9-6-16-19(7-9)13-4-3-11(5-12(13)15)18-14(21)17-10(2)8-20/h3-7,10,20H,8H2,1-2H3,(H2,17,18,21). The number of anilines is 1. The number of nitrogens with one attached hydrogen (secondary N) is 2. The summed E-state index contributed by atoms with van der Waals surface area (Å²) in [4.78, 5) is 11.6. The highest BCUT2D eigenvalue weighted by atomic mass is 19.1. The third kappa shape index (κ3) is 3.79. The number of amides is 2. The molecule has 6 nitrogen and oxygen atoms in total. The number of carbonyl (C=O) groups is 1. The number of urea groups is 1. The highest BCUT2D eigenvalue weighted by Crippen LogP contribution is 2.18. The third-order valence-electron chi connectivity index (χ3n) is 2.82. The molecule has 1 aromatic heterocycles. The van der Waals surface area contributed by atoms with E-state index in [1.807, 2.05) is 6.92 Å². The molecule has 7 heteroatoms. The molecule has 0 aliphatic rings. The van der Waals surface area contributed by atoms with Crippen molar-refractivity contribution in [3.05, 3.63) is 42.0 Å². The largest absolute Gasteiger partial charge is 0.394 e. The average Bonchev–Trinajstić information content (AvgIpc) is 2.85. The van der Waals surface area contributed by atoms with Gasteiger partial charge in [-0.25, -0.2) is 13.9 Å². The minimum absolute atomic E-state index is 0.167. The molecule has 1 unspecified atom stereocenters. The molecule has 2 aromatic rings. The molecule has 112 valence electrons. The number of hydrogen-bond acceptors (Lipinski definition) is 3. The van der Waals surface area contributed by atoms with Crippen molar-refractivity contribution < 1.29 is 14.3 Å². The number of halogens is 1. The summed E-state index contributed by atoms with van der Waals surface area (Å²) < 4.78 is 15.5. The van der Waals surface area contributed by atoms with Crippen LogP contribution in [0, 0.1) is 12.7 Å². The van der Waals surface area contributed by atoms with E-state index in [-0.39, 0.29) is 12.6 Å². The van der Waals surface area contributed by atoms with Gasteiger partial charge in [-0.2, -0.15) is 5.10 Å². The summed E-state index contributed by atoms with van der Waals surface area (Å²) in [5.41, 5.74) is 1.55. The van der Waals surface area contributed by atoms with Crippen LogP contribution >= 0.6 is 0 Å². The van der Waals surface area contributed by atoms with E-state index in [0.29, 0.717) is 11.4 Å². The van der Waals surface area contributed by atoms with Crippen molar-refractivity contribution in [3.8, 4) is 5.69 Å². The van der Waals surface area contributed by atoms with E-state index >= 15 is 0 Å². The minimum Gasteiger partial charge on any atom is -0.394 e. The van der Waals surface area contributed by atoms with Gasteiger partial charge in [0.05, 0.1) is 18.8 Å². The van der Waals surface area contributed by atoms with Crippen molar-refractivity contribution in [2.45, 2.75) is 19.9 Å². The lowest BCUT2D eigenvalue weighted by Crippen LogP contribution is -2.38. The van der Waals surface area contributed by atoms with Crippen LogP contribution in [0.4, 0.5) is 14.9 Å². The molecule has 2 amide bonds. The van der Waals surface area contributed by atoms with E-state index in [1.165, 1.54) is 16.8 Å². The predicted octanol–water partition coefficient (Wildman–Crippen LogP) is 1.82. The molecule has 0 aliphatic heterocycles. The van der Waals surface area contributed by atoms with Gasteiger partial charge in [-0.15, -0.1) is 0 Å². The van der Waals surface area contributed by atoms with Crippen LogP contribution in [0.5, 0.6) is 0 Å². The van der Waals surface area contributed by atoms with E-state index in [0.717, 1.165) is 5.56 Å². The van der Waals surface area contributed by atoms with Gasteiger partial charge < -0.3 is 15.7 Å². The van der Waals surface area contributed by atoms with Crippen molar-refractivity contribution in [1.29, 1.82) is 0 Å². The van der Waals surface area contributed by atoms with Crippen LogP contribution in [-0.2, 0) is 0 Å². The van der Waals surface area contributed by atoms with Crippen LogP contribution in [0.15, 0.2) is 30.6 Å². The number of hydrogen-bond donors (Lipinski definition) is 3. The van der Waals surface area contributed by atoms with Gasteiger partial charge in [0.25, 0.3) is 0 Å². The molecule has 1 aromatic carbocycles. The van der Waals surface area contributed by atoms with Crippen molar-refractivity contribution in [3.63, 3.8) is 0 Å². The fourth-order valence-electron chi connectivity index (χ4n) is 1.75. The zero-order valence-corrected chi connectivity index (χ0v) is 11.8. The molecule has 21 heavy (non-hydrogen) atoms. The molecule has 0 aliphatic carbocycles. The molecular formula is C14H17FN4O2. The summed E-state index contributed by atoms with van der Waals surface area (Å²) in [7, 11) is 0. The van der Waals surface area contributed by atoms with Crippen molar-refractivity contribution >= 4 is 11.7 Å². The number of aryl methyl sites for hydroxylation is 1. The van der Waals surface area contributed by atoms with E-state index < -0.39 is 11.8 Å². The molecule has 0 saturated carbocycles. The van der Waals surface area contributed by atoms with E-state index in [9.17, 15) is 9.18 Å². The summed E-state index contributed by atoms with van der Waals surface area (Å²) >= 11 is 0. The Balaban J connectivity index is 2.10. The quantitative estimate of drug-likeness (QED) is 0.804. The number of carbonyl (C=O) groups excluding carboxylic acids is 1. The second kappa shape index (κ2) is 6.36. The van der Waals surface area contributed by atoms with Gasteiger partial charge in [-0.05, 0) is 37.6 Å². The number of aliphatic hydroxyl groups is 1. The summed E-state index contributed by atoms with van der Waals surface area (Å²) in [6.45, 7) is 3.35. The van der Waals surface area contributed by atoms with Gasteiger partial charge in [0.15, 0.2) is 5.82 Å². The van der Waals surface area contributed by atoms with Crippen molar-refractivity contribution in [1.82, 2.24) is 15.1 Å². The van der Waals surface area contributed by atoms with Gasteiger partial charge in [0.2, 0.25) is 0 Å². The molecule has 0 bridgehead atoms. The van der Waals surface area contributed by atoms with E-state index in [2.05, 4.69) is 15.7 Å². The fourth-order valence-corrected chi connectivity index (χ4v) is 1.75. The Morgan fingerprint density at radius 1 is 1.52 bits per heavy atom. The van der Waals surface area contributed by atoms with E-state index in [1.54, 1.807) is 25.4 Å². The normalized spacial score (nSPS) is 12.0. The topological polar surface area (TPSA) is 79.2 Å². The first-order valence-electron chi connectivity index (χ1n) is 6.49. The second-order valence-electron chi connectivity index (χ2n) is 4.81. The summed E-state index contributed by atoms with van der Waals surface area (Å²) in [6.07, 6.45) is 3.34. The van der Waals surface area contributed by atoms with E-state index in [4.69, 9.17) is 5.11 Å². The Morgan fingerprint density at radius 3 is 2.86 bits per heavy atom. The lowest BCUT2D eigenvalue weighted by molar-refractivity contribution is 0.229. The van der Waals surface area contributed by atoms with Crippen LogP contribution in [0.2, 0.25) is 0 Å². The van der Waals surface area contributed by atoms with Crippen LogP contribution in [-0.4, -0.2) is 33.6 Å². The van der Waals surface area contributed by atoms with Gasteiger partial charge in [0.1, 0.15) is 5.69 Å². The molecule has 3 N–H and O–H groups in total. The number of benzene rings is 1. The number of aliphatic hydroxyl groups excluding tert-OH is 1. The first kappa shape index (κ1) is 15.0. The SMILES string of the molecule is Cc1cnn(-c2ccc(NC(=O)NC(C)CO)cc2F)c1. The number of aromatic nitrogens is 2. The van der Waals surface area contributed by atoms with Crippen molar-refractivity contribution in [2.75, 3.05) is 11.9 Å². The second-order valence-corrected chi connectivity index (χ2v) is 4.81. The maximum Gasteiger partial charge on any atom is 0.319 e. The molecule has 0 spiro atoms. The zero-order chi connectivity index (χ0) is 15.4. The Morgan fingerprint density at radius 2 is 2.29 bits per heavy atom. The minimum atomic E-state index is -0.501. The predicted molar refractivity (Wildman–Crippen MR) is 77.0 cm³/mol. The first-order valence-corrected chi connectivity index (χ1v) is 6.49. The maximum atomic E-state index is 14.1. The molecular weight excluding hydrogens is 275 g/mol. The summed E-state index contributed by atoms with van der Waals surface area (Å²) in [6, 6.07) is 3.46. The Kier molecular flexibility index (Phi) is 4.54. The van der Waals surface area contributed by atoms with Crippen LogP contribution in [0.1, 0.15) is 12.5 Å². The lowest BCUT2D eigenvalue weighted by Gasteiger charge is -2.12. The van der Waals surface area contributed by atoms with Crippen LogP contribution in [0.25, 0.3) is 5.69 Å². The van der Waals surface area contributed by atoms with Gasteiger partial charge in [-0.1, -0.05) is 0 Å². The highest BCUT2D eigenvalue weighted by Gasteiger charge is 2.10. The van der Waals surface area contributed by atoms with Crippen molar-refractivity contribution in [2.24, 2.45) is 0 Å². The molecule has 0 radical (unpaired) electrons. The highest BCUT2D eigenvalue weighted by molar-refractivity contribution is 5.89.